The summed E-state index contributed by atoms with van der Waals surface area (Å²) in [6, 6.07) is 1.68. The average molecular weight is 186 g/mol. The lowest BCUT2D eigenvalue weighted by atomic mass is 10.5. The third kappa shape index (κ3) is 3.06. The normalized spacial score (nSPS) is 11.9. The van der Waals surface area contributed by atoms with Crippen molar-refractivity contribution in [3.8, 4) is 0 Å². The van der Waals surface area contributed by atoms with Crippen molar-refractivity contribution in [2.75, 3.05) is 5.73 Å². The predicted octanol–water partition coefficient (Wildman–Crippen LogP) is 1.61. The molecule has 12 heavy (non-hydrogen) atoms. The van der Waals surface area contributed by atoms with E-state index in [-0.39, 0.29) is 0 Å². The summed E-state index contributed by atoms with van der Waals surface area (Å²) in [5.74, 6) is 1.10. The molecule has 4 nitrogen and oxygen atoms in total. The summed E-state index contributed by atoms with van der Waals surface area (Å²) in [6.07, 6.45) is 0. The van der Waals surface area contributed by atoms with Crippen LogP contribution in [0.5, 0.6) is 0 Å². The molecular weight excluding hydrogens is 172 g/mol. The van der Waals surface area contributed by atoms with Crippen LogP contribution in [0.15, 0.2) is 10.6 Å². The van der Waals surface area contributed by atoms with Gasteiger partial charge < -0.3 is 14.7 Å². The van der Waals surface area contributed by atoms with Gasteiger partial charge in [0.1, 0.15) is 0 Å². The second-order valence-electron chi connectivity index (χ2n) is 3.62. The number of nitrogen functional groups attached to an aromatic ring is 1. The number of hydrogen-bond acceptors (Lipinski definition) is 4. The molecule has 5 heteroatoms. The van der Waals surface area contributed by atoms with E-state index in [1.165, 1.54) is 0 Å². The fourth-order valence-electron chi connectivity index (χ4n) is 0.685. The Morgan fingerprint density at radius 3 is 2.67 bits per heavy atom. The van der Waals surface area contributed by atoms with Crippen LogP contribution in [0.3, 0.4) is 0 Å². The van der Waals surface area contributed by atoms with E-state index in [1.807, 2.05) is 0 Å². The molecule has 0 spiro atoms. The van der Waals surface area contributed by atoms with Crippen LogP contribution in [0, 0.1) is 0 Å². The summed E-state index contributed by atoms with van der Waals surface area (Å²) in [5, 5.41) is 3.56. The summed E-state index contributed by atoms with van der Waals surface area (Å²) < 4.78 is 10.5. The van der Waals surface area contributed by atoms with Gasteiger partial charge >= 0.3 is 0 Å². The third-order valence-electron chi connectivity index (χ3n) is 1.22. The smallest absolute Gasteiger partial charge is 0.184 e. The molecule has 0 aliphatic carbocycles. The topological polar surface area (TPSA) is 61.3 Å². The van der Waals surface area contributed by atoms with Gasteiger partial charge in [-0.3, -0.25) is 0 Å². The van der Waals surface area contributed by atoms with E-state index in [4.69, 9.17) is 14.7 Å². The number of nitrogens with two attached hydrogens (primary N) is 1. The predicted molar refractivity (Wildman–Crippen MR) is 49.1 cm³/mol. The fraction of sp³-hybridized carbons (Fsp3) is 0.571. The van der Waals surface area contributed by atoms with Crippen LogP contribution in [0.1, 0.15) is 5.76 Å². The van der Waals surface area contributed by atoms with Crippen LogP contribution >= 0.6 is 0 Å². The first-order chi connectivity index (χ1) is 5.47. The first kappa shape index (κ1) is 9.28. The molecule has 1 rings (SSSR count). The number of nitrogens with zero attached hydrogens (tertiary/aromatic N) is 1. The van der Waals surface area contributed by atoms with Crippen LogP contribution < -0.4 is 5.73 Å². The first-order valence-electron chi connectivity index (χ1n) is 3.82. The van der Waals surface area contributed by atoms with Crippen LogP contribution in [0.25, 0.3) is 0 Å². The molecular formula is C7H14N2O2Si. The SMILES string of the molecule is C[Si](C)(C)OCc1cc(N)no1. The highest BCUT2D eigenvalue weighted by atomic mass is 28.4. The molecule has 0 saturated carbocycles. The van der Waals surface area contributed by atoms with Crippen LogP contribution in [-0.2, 0) is 11.0 Å². The second-order valence-corrected chi connectivity index (χ2v) is 8.13. The molecule has 0 aliphatic rings. The number of aromatic nitrogens is 1. The summed E-state index contributed by atoms with van der Waals surface area (Å²) >= 11 is 0. The van der Waals surface area contributed by atoms with E-state index in [9.17, 15) is 0 Å². The van der Waals surface area contributed by atoms with Crippen LogP contribution in [-0.4, -0.2) is 13.5 Å². The molecule has 0 radical (unpaired) electrons. The Bertz CT molecular complexity index is 254. The van der Waals surface area contributed by atoms with Crippen molar-refractivity contribution in [2.24, 2.45) is 0 Å². The lowest BCUT2D eigenvalue weighted by Gasteiger charge is -2.15. The van der Waals surface area contributed by atoms with Gasteiger partial charge in [-0.25, -0.2) is 0 Å². The second kappa shape index (κ2) is 3.28. The van der Waals surface area contributed by atoms with Crippen molar-refractivity contribution in [1.82, 2.24) is 5.16 Å². The summed E-state index contributed by atoms with van der Waals surface area (Å²) in [6.45, 7) is 6.83. The Balaban J connectivity index is 2.44. The van der Waals surface area contributed by atoms with Gasteiger partial charge in [-0.1, -0.05) is 5.16 Å². The first-order valence-corrected chi connectivity index (χ1v) is 7.23. The van der Waals surface area contributed by atoms with E-state index in [0.717, 1.165) is 0 Å². The van der Waals surface area contributed by atoms with E-state index < -0.39 is 8.32 Å². The minimum atomic E-state index is -1.46. The Morgan fingerprint density at radius 1 is 1.58 bits per heavy atom. The fourth-order valence-corrected chi connectivity index (χ4v) is 1.26. The van der Waals surface area contributed by atoms with Gasteiger partial charge in [0.05, 0.1) is 6.61 Å². The minimum absolute atomic E-state index is 0.407. The van der Waals surface area contributed by atoms with Crippen LogP contribution in [0.2, 0.25) is 19.6 Å². The van der Waals surface area contributed by atoms with Crippen molar-refractivity contribution >= 4 is 14.1 Å². The Kier molecular flexibility index (Phi) is 2.54. The summed E-state index contributed by atoms with van der Waals surface area (Å²) in [7, 11) is -1.46. The zero-order valence-electron chi connectivity index (χ0n) is 7.63. The maximum atomic E-state index is 5.58. The molecule has 1 heterocycles. The molecule has 0 bridgehead atoms. The summed E-state index contributed by atoms with van der Waals surface area (Å²) in [4.78, 5) is 0. The van der Waals surface area contributed by atoms with Gasteiger partial charge in [-0.2, -0.15) is 0 Å². The molecule has 1 aromatic rings. The molecule has 2 N–H and O–H groups in total. The highest BCUT2D eigenvalue weighted by Crippen LogP contribution is 2.10. The molecule has 68 valence electrons. The number of anilines is 1. The Morgan fingerprint density at radius 2 is 2.25 bits per heavy atom. The molecule has 0 aliphatic heterocycles. The lowest BCUT2D eigenvalue weighted by molar-refractivity contribution is 0.244. The van der Waals surface area contributed by atoms with E-state index >= 15 is 0 Å². The zero-order chi connectivity index (χ0) is 9.19. The van der Waals surface area contributed by atoms with Crippen molar-refractivity contribution in [2.45, 2.75) is 26.2 Å². The molecule has 0 aromatic carbocycles. The highest BCUT2D eigenvalue weighted by molar-refractivity contribution is 6.69. The molecule has 0 unspecified atom stereocenters. The summed E-state index contributed by atoms with van der Waals surface area (Å²) in [5.41, 5.74) is 5.37. The maximum absolute atomic E-state index is 5.58. The van der Waals surface area contributed by atoms with Gasteiger partial charge in [-0.15, -0.1) is 0 Å². The standard InChI is InChI=1S/C7H14N2O2Si/c1-12(2,3)10-5-6-4-7(8)9-11-6/h4H,5H2,1-3H3,(H2,8,9). The molecule has 0 saturated heterocycles. The highest BCUT2D eigenvalue weighted by Gasteiger charge is 2.15. The van der Waals surface area contributed by atoms with Gasteiger partial charge in [0.25, 0.3) is 0 Å². The Labute approximate surface area is 72.8 Å². The molecule has 0 atom stereocenters. The minimum Gasteiger partial charge on any atom is -0.410 e. The Hall–Kier alpha value is -0.813. The van der Waals surface area contributed by atoms with E-state index in [1.54, 1.807) is 6.07 Å². The van der Waals surface area contributed by atoms with E-state index in [2.05, 4.69) is 24.8 Å². The van der Waals surface area contributed by atoms with Gasteiger partial charge in [-0.05, 0) is 19.6 Å². The van der Waals surface area contributed by atoms with E-state index in [0.29, 0.717) is 18.2 Å². The number of hydrogen-bond donors (Lipinski definition) is 1. The van der Waals surface area contributed by atoms with Crippen molar-refractivity contribution in [3.63, 3.8) is 0 Å². The largest absolute Gasteiger partial charge is 0.410 e. The number of rotatable bonds is 3. The van der Waals surface area contributed by atoms with Gasteiger partial charge in [0.15, 0.2) is 19.9 Å². The quantitative estimate of drug-likeness (QED) is 0.728. The molecule has 0 fully saturated rings. The van der Waals surface area contributed by atoms with Crippen LogP contribution in [0.4, 0.5) is 5.82 Å². The van der Waals surface area contributed by atoms with Crippen molar-refractivity contribution in [3.05, 3.63) is 11.8 Å². The van der Waals surface area contributed by atoms with Gasteiger partial charge in [0.2, 0.25) is 0 Å². The van der Waals surface area contributed by atoms with Gasteiger partial charge in [0, 0.05) is 6.07 Å². The molecule has 1 aromatic heterocycles. The maximum Gasteiger partial charge on any atom is 0.184 e. The van der Waals surface area contributed by atoms with Crippen molar-refractivity contribution in [1.29, 1.82) is 0 Å². The average Bonchev–Trinajstić information content (AvgIpc) is 2.30. The van der Waals surface area contributed by atoms with Crippen molar-refractivity contribution < 1.29 is 8.95 Å². The monoisotopic (exact) mass is 186 g/mol. The molecule has 0 amide bonds. The third-order valence-corrected chi connectivity index (χ3v) is 2.23. The zero-order valence-corrected chi connectivity index (χ0v) is 8.63. The lowest BCUT2D eigenvalue weighted by Crippen LogP contribution is -2.24.